The standard InChI is InChI=1S/C19H23ClN4O3.C13H15N5O3/c1-10-6-19(7-10)11(2)13(26-17(25)18(3,4)5)16(27-19)24-9-23-12-14(20)21-8-22-15(12)24;1-6-2-13(3-6)9(20)8(19)12(21-13)18-5-17-7-10(14)15-4-16-11(7)18/h8-9,11,13,16H,1,6-7H2,2-5H3;4-5,8-9,12,19-20H,1-3H2,(H2,14,15,16)/t11-,13+,16+;8-,9+,12-/m01/s1. The normalized spacial score (nSPS) is 28.8. The number of nitrogens with zero attached hydrogens (tertiary/aromatic N) is 8. The highest BCUT2D eigenvalue weighted by atomic mass is 35.5. The van der Waals surface area contributed by atoms with Gasteiger partial charge in [0.2, 0.25) is 0 Å². The molecule has 254 valence electrons. The number of esters is 1. The van der Waals surface area contributed by atoms with Gasteiger partial charge in [0.15, 0.2) is 40.8 Å². The molecule has 2 saturated heterocycles. The summed E-state index contributed by atoms with van der Waals surface area (Å²) >= 11 is 6.14. The van der Waals surface area contributed by atoms with E-state index in [-0.39, 0.29) is 28.5 Å². The lowest BCUT2D eigenvalue weighted by atomic mass is 9.69. The third-order valence-corrected chi connectivity index (χ3v) is 10.0. The maximum absolute atomic E-state index is 12.6. The molecule has 4 aliphatic rings. The quantitative estimate of drug-likeness (QED) is 0.162. The van der Waals surface area contributed by atoms with Crippen molar-refractivity contribution in [3.8, 4) is 0 Å². The van der Waals surface area contributed by atoms with Crippen molar-refractivity contribution in [2.24, 2.45) is 11.3 Å². The fraction of sp³-hybridized carbons (Fsp3) is 0.531. The van der Waals surface area contributed by atoms with Crippen molar-refractivity contribution >= 4 is 45.7 Å². The Morgan fingerprint density at radius 2 is 1.46 bits per heavy atom. The van der Waals surface area contributed by atoms with Gasteiger partial charge in [0.1, 0.15) is 41.5 Å². The number of ether oxygens (including phenoxy) is 3. The number of anilines is 1. The maximum Gasteiger partial charge on any atom is 0.311 e. The molecule has 4 aromatic rings. The van der Waals surface area contributed by atoms with Crippen molar-refractivity contribution in [2.75, 3.05) is 5.73 Å². The maximum atomic E-state index is 12.6. The second-order valence-electron chi connectivity index (χ2n) is 14.3. The van der Waals surface area contributed by atoms with Crippen LogP contribution in [0.3, 0.4) is 0 Å². The summed E-state index contributed by atoms with van der Waals surface area (Å²) < 4.78 is 21.7. The van der Waals surface area contributed by atoms with Crippen molar-refractivity contribution < 1.29 is 29.2 Å². The molecule has 0 amide bonds. The second-order valence-corrected chi connectivity index (χ2v) is 14.6. The number of nitrogen functional groups attached to an aromatic ring is 1. The minimum atomic E-state index is -1.06. The van der Waals surface area contributed by atoms with Gasteiger partial charge in [-0.05, 0) is 33.6 Å². The van der Waals surface area contributed by atoms with Crippen molar-refractivity contribution in [2.45, 2.75) is 95.3 Å². The Balaban J connectivity index is 0.000000156. The third-order valence-electron chi connectivity index (χ3n) is 9.77. The number of rotatable bonds is 3. The predicted octanol–water partition coefficient (Wildman–Crippen LogP) is 3.44. The van der Waals surface area contributed by atoms with Gasteiger partial charge < -0.3 is 30.2 Å². The van der Waals surface area contributed by atoms with Gasteiger partial charge in [0, 0.05) is 18.8 Å². The molecule has 4 N–H and O–H groups in total. The van der Waals surface area contributed by atoms with E-state index in [2.05, 4.69) is 50.0 Å². The molecule has 16 heteroatoms. The molecule has 0 unspecified atom stereocenters. The van der Waals surface area contributed by atoms with Crippen LogP contribution in [0.4, 0.5) is 5.82 Å². The first-order valence-corrected chi connectivity index (χ1v) is 16.0. The zero-order chi connectivity index (χ0) is 34.3. The van der Waals surface area contributed by atoms with Crippen LogP contribution < -0.4 is 5.73 Å². The van der Waals surface area contributed by atoms with E-state index in [1.54, 1.807) is 15.5 Å². The van der Waals surface area contributed by atoms with Crippen LogP contribution in [0.25, 0.3) is 22.3 Å². The molecule has 6 atom stereocenters. The fourth-order valence-electron chi connectivity index (χ4n) is 7.06. The monoisotopic (exact) mass is 679 g/mol. The molecule has 6 heterocycles. The SMILES string of the molecule is C=C1CC2(C1)O[C@@H](n1cnc3c(Cl)ncnc31)[C@H](OC(=O)C(C)(C)C)[C@@H]2C.C=C1CC2(C1)O[C@@H](n1cnc3c(N)ncnc31)[C@H](O)[C@@H]2O. The van der Waals surface area contributed by atoms with Crippen LogP contribution >= 0.6 is 11.6 Å². The molecule has 4 aromatic heterocycles. The summed E-state index contributed by atoms with van der Waals surface area (Å²) in [5.41, 5.74) is 8.12. The van der Waals surface area contributed by atoms with Gasteiger partial charge >= 0.3 is 5.97 Å². The molecule has 15 nitrogen and oxygen atoms in total. The van der Waals surface area contributed by atoms with Gasteiger partial charge in [-0.15, -0.1) is 0 Å². The highest BCUT2D eigenvalue weighted by Gasteiger charge is 2.60. The molecule has 0 bridgehead atoms. The van der Waals surface area contributed by atoms with E-state index >= 15 is 0 Å². The molecule has 2 aliphatic carbocycles. The molecule has 2 saturated carbocycles. The Kier molecular flexibility index (Phi) is 7.64. The fourth-order valence-corrected chi connectivity index (χ4v) is 7.24. The van der Waals surface area contributed by atoms with E-state index in [0.717, 1.165) is 24.0 Å². The zero-order valence-electron chi connectivity index (χ0n) is 27.1. The number of halogens is 1. The number of aliphatic hydroxyl groups excluding tert-OH is 2. The molecule has 2 aliphatic heterocycles. The average Bonchev–Trinajstić information content (AvgIpc) is 3.75. The largest absolute Gasteiger partial charge is 0.457 e. The van der Waals surface area contributed by atoms with Gasteiger partial charge in [-0.25, -0.2) is 29.9 Å². The number of carbonyl (C=O) groups is 1. The summed E-state index contributed by atoms with van der Waals surface area (Å²) in [6.07, 6.45) is 4.66. The van der Waals surface area contributed by atoms with Crippen molar-refractivity contribution in [1.82, 2.24) is 39.0 Å². The van der Waals surface area contributed by atoms with E-state index in [9.17, 15) is 15.0 Å². The lowest BCUT2D eigenvalue weighted by molar-refractivity contribution is -0.166. The van der Waals surface area contributed by atoms with E-state index in [1.807, 2.05) is 20.8 Å². The summed E-state index contributed by atoms with van der Waals surface area (Å²) in [7, 11) is 0. The number of aromatic nitrogens is 8. The number of fused-ring (bicyclic) bond motifs is 2. The number of aliphatic hydroxyl groups is 2. The molecule has 0 radical (unpaired) electrons. The second kappa shape index (κ2) is 11.3. The first-order valence-electron chi connectivity index (χ1n) is 15.7. The average molecular weight is 680 g/mol. The number of carbonyl (C=O) groups excluding carboxylic acids is 1. The van der Waals surface area contributed by atoms with Crippen LogP contribution in [0.2, 0.25) is 5.15 Å². The Morgan fingerprint density at radius 1 is 0.917 bits per heavy atom. The Hall–Kier alpha value is -4.02. The number of hydrogen-bond acceptors (Lipinski definition) is 13. The molecule has 8 rings (SSSR count). The molecule has 48 heavy (non-hydrogen) atoms. The molecule has 2 spiro atoms. The smallest absolute Gasteiger partial charge is 0.311 e. The van der Waals surface area contributed by atoms with Gasteiger partial charge in [-0.1, -0.05) is 42.8 Å². The van der Waals surface area contributed by atoms with Crippen molar-refractivity contribution in [1.29, 1.82) is 0 Å². The Morgan fingerprint density at radius 3 is 2.08 bits per heavy atom. The minimum absolute atomic E-state index is 0.00839. The van der Waals surface area contributed by atoms with E-state index in [0.29, 0.717) is 35.2 Å². The highest BCUT2D eigenvalue weighted by Crippen LogP contribution is 2.56. The molecular formula is C32H38ClN9O6. The Labute approximate surface area is 280 Å². The number of imidazole rings is 2. The van der Waals surface area contributed by atoms with Crippen LogP contribution in [-0.2, 0) is 19.0 Å². The molecular weight excluding hydrogens is 642 g/mol. The number of nitrogens with two attached hydrogens (primary N) is 1. The van der Waals surface area contributed by atoms with Crippen LogP contribution in [0.15, 0.2) is 49.6 Å². The number of hydrogen-bond donors (Lipinski definition) is 3. The molecule has 4 fully saturated rings. The van der Waals surface area contributed by atoms with Crippen LogP contribution in [0.5, 0.6) is 0 Å². The van der Waals surface area contributed by atoms with E-state index in [1.165, 1.54) is 19.0 Å². The first kappa shape index (κ1) is 32.5. The van der Waals surface area contributed by atoms with E-state index < -0.39 is 41.8 Å². The lowest BCUT2D eigenvalue weighted by Gasteiger charge is -2.43. The van der Waals surface area contributed by atoms with Crippen molar-refractivity contribution in [3.05, 3.63) is 54.8 Å². The summed E-state index contributed by atoms with van der Waals surface area (Å²) in [5, 5.41) is 20.9. The lowest BCUT2D eigenvalue weighted by Crippen LogP contribution is -2.49. The summed E-state index contributed by atoms with van der Waals surface area (Å²) in [4.78, 5) is 37.4. The topological polar surface area (TPSA) is 198 Å². The Bertz CT molecular complexity index is 1940. The van der Waals surface area contributed by atoms with Gasteiger partial charge in [0.25, 0.3) is 0 Å². The highest BCUT2D eigenvalue weighted by molar-refractivity contribution is 6.33. The van der Waals surface area contributed by atoms with Crippen LogP contribution in [0, 0.1) is 11.3 Å². The predicted molar refractivity (Wildman–Crippen MR) is 173 cm³/mol. The molecule has 0 aromatic carbocycles. The summed E-state index contributed by atoms with van der Waals surface area (Å²) in [6.45, 7) is 15.5. The van der Waals surface area contributed by atoms with Crippen molar-refractivity contribution in [3.63, 3.8) is 0 Å². The minimum Gasteiger partial charge on any atom is -0.457 e. The van der Waals surface area contributed by atoms with Crippen LogP contribution in [0.1, 0.15) is 65.8 Å². The third kappa shape index (κ3) is 5.06. The van der Waals surface area contributed by atoms with Gasteiger partial charge in [-0.3, -0.25) is 13.9 Å². The van der Waals surface area contributed by atoms with Crippen LogP contribution in [-0.4, -0.2) is 84.7 Å². The van der Waals surface area contributed by atoms with Gasteiger partial charge in [-0.2, -0.15) is 0 Å². The van der Waals surface area contributed by atoms with Gasteiger partial charge in [0.05, 0.1) is 23.7 Å². The zero-order valence-corrected chi connectivity index (χ0v) is 27.8. The first-order chi connectivity index (χ1) is 22.6. The summed E-state index contributed by atoms with van der Waals surface area (Å²) in [6, 6.07) is 0. The summed E-state index contributed by atoms with van der Waals surface area (Å²) in [5.74, 6) is 0.00723. The van der Waals surface area contributed by atoms with E-state index in [4.69, 9.17) is 31.5 Å².